The molecule has 0 aliphatic carbocycles. The zero-order chi connectivity index (χ0) is 23.1. The highest BCUT2D eigenvalue weighted by atomic mass is 19.4. The average molecular weight is 450 g/mol. The second-order valence-electron chi connectivity index (χ2n) is 8.06. The van der Waals surface area contributed by atoms with Gasteiger partial charge in [-0.3, -0.25) is 9.59 Å². The molecular weight excluding hydrogens is 427 g/mol. The minimum Gasteiger partial charge on any atom is -0.493 e. The van der Waals surface area contributed by atoms with Crippen LogP contribution in [0.1, 0.15) is 31.7 Å². The third-order valence-electron chi connectivity index (χ3n) is 6.20. The first-order chi connectivity index (χ1) is 14.4. The first kappa shape index (κ1) is 23.2. The third kappa shape index (κ3) is 4.07. The molecule has 0 spiro atoms. The summed E-state index contributed by atoms with van der Waals surface area (Å²) in [6.07, 6.45) is -6.28. The van der Waals surface area contributed by atoms with Crippen LogP contribution in [0.5, 0.6) is 5.75 Å². The maximum atomic E-state index is 14.3. The maximum Gasteiger partial charge on any atom is 0.417 e. The average Bonchev–Trinajstić information content (AvgIpc) is 3.23. The molecule has 2 N–H and O–H groups in total. The fourth-order valence-corrected chi connectivity index (χ4v) is 4.19. The molecule has 2 fully saturated rings. The zero-order valence-corrected chi connectivity index (χ0v) is 17.1. The summed E-state index contributed by atoms with van der Waals surface area (Å²) in [6.45, 7) is 2.45. The number of nitrogens with one attached hydrogen (secondary N) is 2. The first-order valence-electron chi connectivity index (χ1n) is 9.71. The van der Waals surface area contributed by atoms with Crippen molar-refractivity contribution in [1.29, 1.82) is 0 Å². The number of alkyl halides is 3. The lowest BCUT2D eigenvalue weighted by molar-refractivity contribution is -0.272. The molecule has 2 heterocycles. The molecule has 0 radical (unpaired) electrons. The summed E-state index contributed by atoms with van der Waals surface area (Å²) in [6, 6.07) is 1.87. The molecule has 172 valence electrons. The molecule has 2 amide bonds. The van der Waals surface area contributed by atoms with E-state index in [9.17, 15) is 31.5 Å². The SMILES string of the molecule is COc1c([C@H]2[C@H](C(=O)NC[C@@H]3CNC(=O)C3)O[C@@](C)(C(F)(F)F)[C@H]2C)ccc(F)c1F. The van der Waals surface area contributed by atoms with E-state index in [-0.39, 0.29) is 30.4 Å². The molecule has 31 heavy (non-hydrogen) atoms. The molecule has 0 saturated carbocycles. The van der Waals surface area contributed by atoms with Crippen molar-refractivity contribution in [2.45, 2.75) is 44.1 Å². The monoisotopic (exact) mass is 450 g/mol. The highest BCUT2D eigenvalue weighted by Crippen LogP contribution is 2.54. The Balaban J connectivity index is 1.96. The standard InChI is InChI=1S/C20H23F5N2O4/c1-9-14(11-4-5-12(21)15(22)16(11)30-3)17(31-19(9,2)20(23,24)25)18(29)27-8-10-6-13(28)26-7-10/h4-5,9-10,14,17H,6-8H2,1-3H3,(H,26,28)(H,27,29)/t9-,10-,14-,17+,19+/m0/s1. The highest BCUT2D eigenvalue weighted by Gasteiger charge is 2.65. The van der Waals surface area contributed by atoms with Gasteiger partial charge in [-0.2, -0.15) is 17.6 Å². The van der Waals surface area contributed by atoms with Crippen LogP contribution in [0, 0.1) is 23.5 Å². The van der Waals surface area contributed by atoms with Crippen LogP contribution in [-0.2, 0) is 14.3 Å². The van der Waals surface area contributed by atoms with Gasteiger partial charge >= 0.3 is 6.18 Å². The fourth-order valence-electron chi connectivity index (χ4n) is 4.19. The number of ether oxygens (including phenoxy) is 2. The number of benzene rings is 1. The number of halogens is 5. The van der Waals surface area contributed by atoms with Crippen molar-refractivity contribution in [1.82, 2.24) is 10.6 Å². The molecule has 0 bridgehead atoms. The van der Waals surface area contributed by atoms with E-state index in [4.69, 9.17) is 9.47 Å². The quantitative estimate of drug-likeness (QED) is 0.677. The fraction of sp³-hybridized carbons (Fsp3) is 0.600. The van der Waals surface area contributed by atoms with E-state index in [0.717, 1.165) is 26.2 Å². The van der Waals surface area contributed by atoms with Crippen LogP contribution < -0.4 is 15.4 Å². The molecule has 2 saturated heterocycles. The Labute approximate surface area is 175 Å². The van der Waals surface area contributed by atoms with Gasteiger partial charge in [0.25, 0.3) is 0 Å². The van der Waals surface area contributed by atoms with Crippen molar-refractivity contribution in [3.63, 3.8) is 0 Å². The summed E-state index contributed by atoms with van der Waals surface area (Å²) in [5.74, 6) is -6.98. The Hall–Kier alpha value is -2.43. The van der Waals surface area contributed by atoms with Crippen LogP contribution in [0.2, 0.25) is 0 Å². The summed E-state index contributed by atoms with van der Waals surface area (Å²) in [4.78, 5) is 24.2. The maximum absolute atomic E-state index is 14.3. The molecular formula is C20H23F5N2O4. The Morgan fingerprint density at radius 2 is 2.03 bits per heavy atom. The van der Waals surface area contributed by atoms with Crippen molar-refractivity contribution < 1.29 is 41.0 Å². The van der Waals surface area contributed by atoms with Crippen molar-refractivity contribution in [3.05, 3.63) is 29.3 Å². The van der Waals surface area contributed by atoms with E-state index in [1.165, 1.54) is 6.92 Å². The van der Waals surface area contributed by atoms with Crippen LogP contribution >= 0.6 is 0 Å². The van der Waals surface area contributed by atoms with Crippen molar-refractivity contribution in [2.75, 3.05) is 20.2 Å². The predicted molar refractivity (Wildman–Crippen MR) is 98.3 cm³/mol. The second-order valence-corrected chi connectivity index (χ2v) is 8.06. The summed E-state index contributed by atoms with van der Waals surface area (Å²) in [5, 5.41) is 5.13. The second kappa shape index (κ2) is 8.25. The van der Waals surface area contributed by atoms with Gasteiger partial charge in [-0.25, -0.2) is 4.39 Å². The van der Waals surface area contributed by atoms with E-state index in [1.54, 1.807) is 0 Å². The summed E-state index contributed by atoms with van der Waals surface area (Å²) in [5.41, 5.74) is -2.81. The number of rotatable bonds is 5. The molecule has 0 unspecified atom stereocenters. The van der Waals surface area contributed by atoms with Crippen molar-refractivity contribution in [3.8, 4) is 5.75 Å². The van der Waals surface area contributed by atoms with Gasteiger partial charge in [-0.15, -0.1) is 0 Å². The number of carbonyl (C=O) groups excluding carboxylic acids is 2. The Morgan fingerprint density at radius 3 is 2.58 bits per heavy atom. The molecule has 11 heteroatoms. The van der Waals surface area contributed by atoms with Gasteiger partial charge in [0.15, 0.2) is 17.2 Å². The minimum atomic E-state index is -4.83. The molecule has 1 aromatic rings. The number of hydrogen-bond acceptors (Lipinski definition) is 4. The molecule has 3 rings (SSSR count). The van der Waals surface area contributed by atoms with E-state index >= 15 is 0 Å². The van der Waals surface area contributed by atoms with Gasteiger partial charge in [0, 0.05) is 42.8 Å². The van der Waals surface area contributed by atoms with Crippen molar-refractivity contribution in [2.24, 2.45) is 11.8 Å². The van der Waals surface area contributed by atoms with E-state index in [2.05, 4.69) is 10.6 Å². The Morgan fingerprint density at radius 1 is 1.35 bits per heavy atom. The molecule has 1 aromatic carbocycles. The van der Waals surface area contributed by atoms with E-state index in [0.29, 0.717) is 6.54 Å². The number of methoxy groups -OCH3 is 1. The molecule has 2 aliphatic rings. The van der Waals surface area contributed by atoms with Crippen molar-refractivity contribution >= 4 is 11.8 Å². The number of carbonyl (C=O) groups is 2. The molecule has 6 nitrogen and oxygen atoms in total. The van der Waals surface area contributed by atoms with E-state index in [1.807, 2.05) is 0 Å². The van der Waals surface area contributed by atoms with Crippen LogP contribution in [-0.4, -0.2) is 49.9 Å². The first-order valence-corrected chi connectivity index (χ1v) is 9.71. The van der Waals surface area contributed by atoms with Gasteiger partial charge in [0.2, 0.25) is 17.6 Å². The molecule has 5 atom stereocenters. The smallest absolute Gasteiger partial charge is 0.417 e. The van der Waals surface area contributed by atoms with Gasteiger partial charge in [0.05, 0.1) is 7.11 Å². The number of hydrogen-bond donors (Lipinski definition) is 2. The lowest BCUT2D eigenvalue weighted by Crippen LogP contribution is -2.47. The summed E-state index contributed by atoms with van der Waals surface area (Å²) < 4.78 is 79.7. The number of amides is 2. The summed E-state index contributed by atoms with van der Waals surface area (Å²) in [7, 11) is 1.06. The topological polar surface area (TPSA) is 76.7 Å². The van der Waals surface area contributed by atoms with Gasteiger partial charge in [-0.05, 0) is 13.0 Å². The van der Waals surface area contributed by atoms with Crippen LogP contribution in [0.15, 0.2) is 12.1 Å². The van der Waals surface area contributed by atoms with E-state index < -0.39 is 53.0 Å². The van der Waals surface area contributed by atoms with Gasteiger partial charge < -0.3 is 20.1 Å². The van der Waals surface area contributed by atoms with Crippen LogP contribution in [0.25, 0.3) is 0 Å². The largest absolute Gasteiger partial charge is 0.493 e. The normalized spacial score (nSPS) is 30.9. The van der Waals surface area contributed by atoms with Crippen LogP contribution in [0.4, 0.5) is 22.0 Å². The van der Waals surface area contributed by atoms with Gasteiger partial charge in [-0.1, -0.05) is 13.0 Å². The minimum absolute atomic E-state index is 0.0518. The zero-order valence-electron chi connectivity index (χ0n) is 17.1. The Kier molecular flexibility index (Phi) is 6.18. The lowest BCUT2D eigenvalue weighted by Gasteiger charge is -2.32. The summed E-state index contributed by atoms with van der Waals surface area (Å²) >= 11 is 0. The molecule has 0 aromatic heterocycles. The lowest BCUT2D eigenvalue weighted by atomic mass is 9.77. The Bertz CT molecular complexity index is 878. The van der Waals surface area contributed by atoms with Gasteiger partial charge in [0.1, 0.15) is 6.10 Å². The third-order valence-corrected chi connectivity index (χ3v) is 6.20. The van der Waals surface area contributed by atoms with Crippen LogP contribution in [0.3, 0.4) is 0 Å². The highest BCUT2D eigenvalue weighted by molar-refractivity contribution is 5.83. The molecule has 2 aliphatic heterocycles. The predicted octanol–water partition coefficient (Wildman–Crippen LogP) is 2.67.